The van der Waals surface area contributed by atoms with E-state index in [0.717, 1.165) is 25.7 Å². The van der Waals surface area contributed by atoms with Gasteiger partial charge >= 0.3 is 0 Å². The molecule has 1 N–H and O–H groups in total. The molecule has 1 aliphatic carbocycles. The van der Waals surface area contributed by atoms with Crippen LogP contribution in [0.15, 0.2) is 5.11 Å². The highest BCUT2D eigenvalue weighted by molar-refractivity contribution is 5.78. The second-order valence-corrected chi connectivity index (χ2v) is 4.64. The lowest BCUT2D eigenvalue weighted by Gasteiger charge is -2.13. The van der Waals surface area contributed by atoms with Crippen molar-refractivity contribution in [1.82, 2.24) is 5.32 Å². The van der Waals surface area contributed by atoms with Crippen molar-refractivity contribution in [2.75, 3.05) is 13.1 Å². The number of unbranched alkanes of at least 4 members (excludes halogenated alkanes) is 1. The molecule has 1 rings (SSSR count). The zero-order valence-corrected chi connectivity index (χ0v) is 10.4. The van der Waals surface area contributed by atoms with E-state index in [1.54, 1.807) is 0 Å². The van der Waals surface area contributed by atoms with Gasteiger partial charge in [-0.3, -0.25) is 4.79 Å². The normalized spacial score (nSPS) is 16.9. The third-order valence-corrected chi connectivity index (χ3v) is 3.27. The van der Waals surface area contributed by atoms with Crippen molar-refractivity contribution in [3.63, 3.8) is 0 Å². The Morgan fingerprint density at radius 2 is 1.94 bits per heavy atom. The number of nitrogens with zero attached hydrogens (tertiary/aromatic N) is 3. The summed E-state index contributed by atoms with van der Waals surface area (Å²) in [5.74, 6) is 0.449. The zero-order chi connectivity index (χ0) is 12.3. The summed E-state index contributed by atoms with van der Waals surface area (Å²) in [5.41, 5.74) is 8.10. The van der Waals surface area contributed by atoms with Gasteiger partial charge in [0.15, 0.2) is 0 Å². The summed E-state index contributed by atoms with van der Waals surface area (Å²) < 4.78 is 0. The lowest BCUT2D eigenvalue weighted by atomic mass is 9.99. The number of nitrogens with one attached hydrogen (secondary N) is 1. The summed E-state index contributed by atoms with van der Waals surface area (Å²) in [5, 5.41) is 6.44. The van der Waals surface area contributed by atoms with Crippen molar-refractivity contribution in [3.8, 4) is 0 Å². The molecule has 1 fully saturated rings. The van der Waals surface area contributed by atoms with Crippen LogP contribution in [0.4, 0.5) is 0 Å². The van der Waals surface area contributed by atoms with Crippen LogP contribution in [0, 0.1) is 5.92 Å². The van der Waals surface area contributed by atoms with Crippen molar-refractivity contribution in [2.24, 2.45) is 11.0 Å². The number of hydrogen-bond donors (Lipinski definition) is 1. The first-order valence-corrected chi connectivity index (χ1v) is 6.63. The highest BCUT2D eigenvalue weighted by Crippen LogP contribution is 2.22. The molecule has 0 aromatic carbocycles. The van der Waals surface area contributed by atoms with Crippen LogP contribution in [0.1, 0.15) is 51.4 Å². The average Bonchev–Trinajstić information content (AvgIpc) is 2.62. The summed E-state index contributed by atoms with van der Waals surface area (Å²) in [6.07, 6.45) is 8.75. The SMILES string of the molecule is [N-]=[N+]=NCCCCNC(=O)C1CCCCCC1. The molecule has 96 valence electrons. The number of amides is 1. The first kappa shape index (κ1) is 13.8. The third kappa shape index (κ3) is 6.17. The molecule has 0 aromatic rings. The molecule has 5 nitrogen and oxygen atoms in total. The van der Waals surface area contributed by atoms with Crippen LogP contribution < -0.4 is 5.32 Å². The fraction of sp³-hybridized carbons (Fsp3) is 0.917. The van der Waals surface area contributed by atoms with E-state index in [9.17, 15) is 4.79 Å². The summed E-state index contributed by atoms with van der Waals surface area (Å²) in [4.78, 5) is 14.5. The van der Waals surface area contributed by atoms with Crippen molar-refractivity contribution in [2.45, 2.75) is 51.4 Å². The molecule has 5 heteroatoms. The van der Waals surface area contributed by atoms with Crippen LogP contribution in [0.25, 0.3) is 10.4 Å². The monoisotopic (exact) mass is 238 g/mol. The Labute approximate surface area is 103 Å². The highest BCUT2D eigenvalue weighted by atomic mass is 16.1. The molecule has 1 saturated carbocycles. The molecule has 0 radical (unpaired) electrons. The predicted octanol–water partition coefficient (Wildman–Crippen LogP) is 3.16. The minimum absolute atomic E-state index is 0.218. The van der Waals surface area contributed by atoms with Gasteiger partial charge < -0.3 is 5.32 Å². The second-order valence-electron chi connectivity index (χ2n) is 4.64. The van der Waals surface area contributed by atoms with Crippen LogP contribution in [-0.4, -0.2) is 19.0 Å². The van der Waals surface area contributed by atoms with Crippen LogP contribution in [0.3, 0.4) is 0 Å². The largest absolute Gasteiger partial charge is 0.356 e. The molecule has 0 aromatic heterocycles. The first-order valence-electron chi connectivity index (χ1n) is 6.63. The zero-order valence-electron chi connectivity index (χ0n) is 10.4. The maximum atomic E-state index is 11.8. The van der Waals surface area contributed by atoms with Gasteiger partial charge in [0.2, 0.25) is 5.91 Å². The molecule has 0 bridgehead atoms. The van der Waals surface area contributed by atoms with Crippen LogP contribution in [-0.2, 0) is 4.79 Å². The van der Waals surface area contributed by atoms with Gasteiger partial charge in [-0.2, -0.15) is 0 Å². The van der Waals surface area contributed by atoms with Crippen LogP contribution >= 0.6 is 0 Å². The quantitative estimate of drug-likeness (QED) is 0.249. The number of rotatable bonds is 6. The topological polar surface area (TPSA) is 77.9 Å². The van der Waals surface area contributed by atoms with Gasteiger partial charge in [0, 0.05) is 23.9 Å². The Kier molecular flexibility index (Phi) is 7.23. The number of carbonyl (C=O) groups excluding carboxylic acids is 1. The van der Waals surface area contributed by atoms with Crippen molar-refractivity contribution < 1.29 is 4.79 Å². The maximum absolute atomic E-state index is 11.8. The van der Waals surface area contributed by atoms with E-state index in [0.29, 0.717) is 13.1 Å². The van der Waals surface area contributed by atoms with E-state index in [-0.39, 0.29) is 11.8 Å². The Bertz CT molecular complexity index is 266. The Morgan fingerprint density at radius 1 is 1.24 bits per heavy atom. The molecule has 0 saturated heterocycles. The van der Waals surface area contributed by atoms with Gasteiger partial charge in [-0.15, -0.1) is 0 Å². The molecule has 0 heterocycles. The van der Waals surface area contributed by atoms with Gasteiger partial charge in [0.05, 0.1) is 0 Å². The van der Waals surface area contributed by atoms with E-state index < -0.39 is 0 Å². The molecular weight excluding hydrogens is 216 g/mol. The van der Waals surface area contributed by atoms with E-state index in [2.05, 4.69) is 15.3 Å². The summed E-state index contributed by atoms with van der Waals surface area (Å²) in [7, 11) is 0. The van der Waals surface area contributed by atoms with Gasteiger partial charge in [-0.05, 0) is 31.2 Å². The summed E-state index contributed by atoms with van der Waals surface area (Å²) in [6.45, 7) is 1.23. The molecule has 0 atom stereocenters. The van der Waals surface area contributed by atoms with Gasteiger partial charge in [-0.1, -0.05) is 30.8 Å². The Morgan fingerprint density at radius 3 is 2.59 bits per heavy atom. The van der Waals surface area contributed by atoms with E-state index in [1.165, 1.54) is 25.7 Å². The lowest BCUT2D eigenvalue weighted by molar-refractivity contribution is -0.125. The fourth-order valence-corrected chi connectivity index (χ4v) is 2.25. The Hall–Kier alpha value is -1.22. The van der Waals surface area contributed by atoms with Gasteiger partial charge in [0.1, 0.15) is 0 Å². The predicted molar refractivity (Wildman–Crippen MR) is 67.4 cm³/mol. The molecule has 0 unspecified atom stereocenters. The van der Waals surface area contributed by atoms with E-state index in [1.807, 2.05) is 0 Å². The first-order chi connectivity index (χ1) is 8.34. The van der Waals surface area contributed by atoms with E-state index in [4.69, 9.17) is 5.53 Å². The second kappa shape index (κ2) is 8.88. The molecule has 0 aliphatic heterocycles. The van der Waals surface area contributed by atoms with Gasteiger partial charge in [-0.25, -0.2) is 0 Å². The fourth-order valence-electron chi connectivity index (χ4n) is 2.25. The van der Waals surface area contributed by atoms with Crippen LogP contribution in [0.5, 0.6) is 0 Å². The Balaban J connectivity index is 2.08. The third-order valence-electron chi connectivity index (χ3n) is 3.27. The number of hydrogen-bond acceptors (Lipinski definition) is 2. The highest BCUT2D eigenvalue weighted by Gasteiger charge is 2.19. The lowest BCUT2D eigenvalue weighted by Crippen LogP contribution is -2.31. The maximum Gasteiger partial charge on any atom is 0.223 e. The average molecular weight is 238 g/mol. The van der Waals surface area contributed by atoms with Crippen molar-refractivity contribution in [1.29, 1.82) is 0 Å². The number of carbonyl (C=O) groups is 1. The minimum atomic E-state index is 0.218. The summed E-state index contributed by atoms with van der Waals surface area (Å²) >= 11 is 0. The molecule has 1 amide bonds. The molecular formula is C12H22N4O. The molecule has 0 spiro atoms. The molecule has 17 heavy (non-hydrogen) atoms. The summed E-state index contributed by atoms with van der Waals surface area (Å²) in [6, 6.07) is 0. The van der Waals surface area contributed by atoms with E-state index >= 15 is 0 Å². The van der Waals surface area contributed by atoms with Crippen LogP contribution in [0.2, 0.25) is 0 Å². The molecule has 1 aliphatic rings. The standard InChI is InChI=1S/C12H22N4O/c13-16-15-10-6-5-9-14-12(17)11-7-3-1-2-4-8-11/h11H,1-10H2,(H,14,17). The smallest absolute Gasteiger partial charge is 0.223 e. The van der Waals surface area contributed by atoms with Crippen molar-refractivity contribution in [3.05, 3.63) is 10.4 Å². The minimum Gasteiger partial charge on any atom is -0.356 e. The van der Waals surface area contributed by atoms with Crippen molar-refractivity contribution >= 4 is 5.91 Å². The number of azide groups is 1. The van der Waals surface area contributed by atoms with Gasteiger partial charge in [0.25, 0.3) is 0 Å².